The summed E-state index contributed by atoms with van der Waals surface area (Å²) in [5.74, 6) is -0.0267. The van der Waals surface area contributed by atoms with Crippen LogP contribution in [0.15, 0.2) is 77.8 Å². The van der Waals surface area contributed by atoms with Crippen molar-refractivity contribution in [3.8, 4) is 17.2 Å². The largest absolute Gasteiger partial charge is 0.573 e. The second-order valence-electron chi connectivity index (χ2n) is 9.90. The van der Waals surface area contributed by atoms with E-state index in [0.29, 0.717) is 49.6 Å². The predicted octanol–water partition coefficient (Wildman–Crippen LogP) is 4.91. The Labute approximate surface area is 252 Å². The number of ether oxygens (including phenoxy) is 3. The van der Waals surface area contributed by atoms with E-state index in [9.17, 15) is 26.4 Å². The zero-order valence-corrected chi connectivity index (χ0v) is 24.6. The van der Waals surface area contributed by atoms with Crippen molar-refractivity contribution in [3.05, 3.63) is 84.1 Å². The van der Waals surface area contributed by atoms with E-state index in [2.05, 4.69) is 19.3 Å². The highest BCUT2D eigenvalue weighted by atomic mass is 32.2. The molecule has 0 atom stereocenters. The van der Waals surface area contributed by atoms with Gasteiger partial charge >= 0.3 is 6.36 Å². The Kier molecular flexibility index (Phi) is 8.83. The summed E-state index contributed by atoms with van der Waals surface area (Å²) in [6.07, 6.45) is -3.73. The van der Waals surface area contributed by atoms with Crippen molar-refractivity contribution in [1.82, 2.24) is 14.8 Å². The zero-order chi connectivity index (χ0) is 31.5. The smallest absolute Gasteiger partial charge is 0.496 e. The first-order valence-corrected chi connectivity index (χ1v) is 15.0. The first-order valence-electron chi connectivity index (χ1n) is 13.5. The summed E-state index contributed by atoms with van der Waals surface area (Å²) < 4.78 is 83.9. The molecule has 1 fully saturated rings. The van der Waals surface area contributed by atoms with Gasteiger partial charge in [-0.3, -0.25) is 19.4 Å². The number of halogens is 3. The van der Waals surface area contributed by atoms with Gasteiger partial charge in [-0.1, -0.05) is 24.3 Å². The number of methoxy groups -OCH3 is 2. The van der Waals surface area contributed by atoms with E-state index in [1.165, 1.54) is 29.3 Å². The molecule has 0 bridgehead atoms. The highest BCUT2D eigenvalue weighted by molar-refractivity contribution is 7.93. The minimum Gasteiger partial charge on any atom is -0.496 e. The van der Waals surface area contributed by atoms with E-state index in [1.807, 2.05) is 18.2 Å². The highest BCUT2D eigenvalue weighted by Crippen LogP contribution is 2.35. The minimum atomic E-state index is -5.14. The van der Waals surface area contributed by atoms with Crippen molar-refractivity contribution in [2.75, 3.05) is 45.1 Å². The molecule has 2 heterocycles. The Morgan fingerprint density at radius 3 is 2.23 bits per heavy atom. The normalized spacial score (nSPS) is 14.3. The number of carbonyl (C=O) groups is 1. The summed E-state index contributed by atoms with van der Waals surface area (Å²) in [6, 6.07) is 16.5. The average Bonchev–Trinajstić information content (AvgIpc) is 3.01. The van der Waals surface area contributed by atoms with Gasteiger partial charge in [0.05, 0.1) is 31.0 Å². The molecule has 4 aromatic rings. The van der Waals surface area contributed by atoms with E-state index in [-0.39, 0.29) is 16.0 Å². The molecule has 5 rings (SSSR count). The quantitative estimate of drug-likeness (QED) is 0.278. The van der Waals surface area contributed by atoms with Gasteiger partial charge < -0.3 is 19.1 Å². The van der Waals surface area contributed by atoms with Crippen molar-refractivity contribution < 1.29 is 40.6 Å². The Bertz CT molecular complexity index is 1750. The molecule has 1 saturated heterocycles. The van der Waals surface area contributed by atoms with Crippen LogP contribution >= 0.6 is 0 Å². The maximum absolute atomic E-state index is 13.4. The summed E-state index contributed by atoms with van der Waals surface area (Å²) in [5.41, 5.74) is 0.445. The van der Waals surface area contributed by atoms with Crippen LogP contribution in [-0.4, -0.2) is 75.9 Å². The number of amides is 1. The maximum Gasteiger partial charge on any atom is 0.573 e. The van der Waals surface area contributed by atoms with Crippen LogP contribution in [0.1, 0.15) is 15.9 Å². The summed E-state index contributed by atoms with van der Waals surface area (Å²) >= 11 is 0. The van der Waals surface area contributed by atoms with Gasteiger partial charge in [-0.15, -0.1) is 13.2 Å². The number of hydrogen-bond acceptors (Lipinski definition) is 8. The van der Waals surface area contributed by atoms with Crippen molar-refractivity contribution in [1.29, 1.82) is 0 Å². The second kappa shape index (κ2) is 12.6. The Hall–Kier alpha value is -4.56. The number of aromatic nitrogens is 1. The van der Waals surface area contributed by atoms with E-state index >= 15 is 0 Å². The number of rotatable bonds is 9. The number of benzene rings is 3. The van der Waals surface area contributed by atoms with Crippen LogP contribution in [0.4, 0.5) is 18.9 Å². The number of pyridine rings is 1. The van der Waals surface area contributed by atoms with E-state index in [0.717, 1.165) is 17.7 Å². The van der Waals surface area contributed by atoms with Crippen LogP contribution in [0.5, 0.6) is 17.2 Å². The number of fused-ring (bicyclic) bond motifs is 1. The number of para-hydroxylation sites is 1. The third-order valence-electron chi connectivity index (χ3n) is 7.15. The van der Waals surface area contributed by atoms with Crippen molar-refractivity contribution in [2.24, 2.45) is 0 Å². The lowest BCUT2D eigenvalue weighted by atomic mass is 10.1. The second-order valence-corrected chi connectivity index (χ2v) is 11.6. The van der Waals surface area contributed by atoms with Crippen LogP contribution in [0.2, 0.25) is 0 Å². The minimum absolute atomic E-state index is 0.0844. The number of hydrogen-bond donors (Lipinski definition) is 1. The number of carbonyl (C=O) groups excluding carboxylic acids is 1. The summed E-state index contributed by atoms with van der Waals surface area (Å²) in [5, 5.41) is 0.533. The van der Waals surface area contributed by atoms with Crippen molar-refractivity contribution in [2.45, 2.75) is 17.8 Å². The van der Waals surface area contributed by atoms with E-state index < -0.39 is 33.7 Å². The molecule has 0 unspecified atom stereocenters. The van der Waals surface area contributed by atoms with E-state index in [1.54, 1.807) is 32.4 Å². The van der Waals surface area contributed by atoms with Crippen LogP contribution < -0.4 is 18.9 Å². The summed E-state index contributed by atoms with van der Waals surface area (Å²) in [6.45, 7) is 2.13. The van der Waals surface area contributed by atoms with Crippen LogP contribution in [0, 0.1) is 0 Å². The number of nitrogens with zero attached hydrogens (tertiary/aromatic N) is 3. The van der Waals surface area contributed by atoms with Crippen LogP contribution in [0.25, 0.3) is 10.9 Å². The maximum atomic E-state index is 13.4. The molecule has 14 heteroatoms. The third-order valence-corrected chi connectivity index (χ3v) is 8.55. The molecule has 1 aromatic heterocycles. The van der Waals surface area contributed by atoms with Crippen molar-refractivity contribution in [3.63, 3.8) is 0 Å². The molecule has 0 saturated carbocycles. The number of piperazine rings is 1. The average molecular weight is 631 g/mol. The first-order chi connectivity index (χ1) is 21.0. The van der Waals surface area contributed by atoms with Crippen LogP contribution in [-0.2, 0) is 16.6 Å². The van der Waals surface area contributed by atoms with Gasteiger partial charge in [0, 0.05) is 49.9 Å². The predicted molar refractivity (Wildman–Crippen MR) is 156 cm³/mol. The Balaban J connectivity index is 1.34. The van der Waals surface area contributed by atoms with Gasteiger partial charge in [-0.2, -0.15) is 0 Å². The summed E-state index contributed by atoms with van der Waals surface area (Å²) in [4.78, 5) is 20.9. The molecule has 3 aromatic carbocycles. The molecule has 1 N–H and O–H groups in total. The number of sulfonamides is 1. The zero-order valence-electron chi connectivity index (χ0n) is 23.8. The topological polar surface area (TPSA) is 110 Å². The van der Waals surface area contributed by atoms with Gasteiger partial charge in [-0.05, 0) is 42.5 Å². The molecule has 44 heavy (non-hydrogen) atoms. The Morgan fingerprint density at radius 2 is 1.57 bits per heavy atom. The molecule has 0 radical (unpaired) electrons. The molecule has 1 aliphatic heterocycles. The SMILES string of the molecule is COc1cccc(OC)c1CN1CCN(C(=O)c2ccc(NS(=O)(=O)c3cccc4cccnc34)c(OC(F)(F)F)c2)CC1. The summed E-state index contributed by atoms with van der Waals surface area (Å²) in [7, 11) is -1.25. The first kappa shape index (κ1) is 30.9. The molecular weight excluding hydrogens is 601 g/mol. The van der Waals surface area contributed by atoms with E-state index in [4.69, 9.17) is 9.47 Å². The number of anilines is 1. The lowest BCUT2D eigenvalue weighted by Gasteiger charge is -2.35. The fourth-order valence-corrected chi connectivity index (χ4v) is 6.29. The van der Waals surface area contributed by atoms with Gasteiger partial charge in [0.15, 0.2) is 5.75 Å². The molecule has 232 valence electrons. The van der Waals surface area contributed by atoms with Crippen LogP contribution in [0.3, 0.4) is 0 Å². The fourth-order valence-electron chi connectivity index (χ4n) is 5.04. The third kappa shape index (κ3) is 6.81. The Morgan fingerprint density at radius 1 is 0.909 bits per heavy atom. The molecule has 1 amide bonds. The van der Waals surface area contributed by atoms with Gasteiger partial charge in [-0.25, -0.2) is 8.42 Å². The van der Waals surface area contributed by atoms with Gasteiger partial charge in [0.2, 0.25) is 0 Å². The highest BCUT2D eigenvalue weighted by Gasteiger charge is 2.34. The monoisotopic (exact) mass is 630 g/mol. The van der Waals surface area contributed by atoms with Gasteiger partial charge in [0.25, 0.3) is 15.9 Å². The molecule has 10 nitrogen and oxygen atoms in total. The number of nitrogens with one attached hydrogen (secondary N) is 1. The molecular formula is C30H29F3N4O6S. The molecule has 0 spiro atoms. The molecule has 1 aliphatic rings. The van der Waals surface area contributed by atoms with Crippen molar-refractivity contribution >= 4 is 32.5 Å². The standard InChI is InChI=1S/C30H29F3N4O6S/c1-41-24-8-4-9-25(42-2)22(24)19-36-14-16-37(17-15-36)29(38)21-11-12-23(26(18-21)43-30(31,32)33)35-44(39,40)27-10-3-6-20-7-5-13-34-28(20)27/h3-13,18,35H,14-17,19H2,1-2H3. The lowest BCUT2D eigenvalue weighted by molar-refractivity contribution is -0.274. The fraction of sp³-hybridized carbons (Fsp3) is 0.267. The van der Waals surface area contributed by atoms with Gasteiger partial charge in [0.1, 0.15) is 16.4 Å². The number of alkyl halides is 3. The molecule has 0 aliphatic carbocycles. The lowest BCUT2D eigenvalue weighted by Crippen LogP contribution is -2.48.